The molecule has 1 aromatic carbocycles. The van der Waals surface area contributed by atoms with Gasteiger partial charge in [-0.1, -0.05) is 35.5 Å². The van der Waals surface area contributed by atoms with Gasteiger partial charge in [0.25, 0.3) is 0 Å². The number of hydrogen-bond donors (Lipinski definition) is 0. The topological polar surface area (TPSA) is 83.2 Å². The summed E-state index contributed by atoms with van der Waals surface area (Å²) in [5.74, 6) is 1.43. The van der Waals surface area contributed by atoms with Gasteiger partial charge in [0, 0.05) is 13.0 Å². The Morgan fingerprint density at radius 2 is 1.96 bits per heavy atom. The van der Waals surface area contributed by atoms with Gasteiger partial charge in [-0.15, -0.1) is 0 Å². The van der Waals surface area contributed by atoms with E-state index in [1.54, 1.807) is 6.20 Å². The molecule has 2 heterocycles. The zero-order valence-corrected chi connectivity index (χ0v) is 13.4. The predicted molar refractivity (Wildman–Crippen MR) is 86.3 cm³/mol. The van der Waals surface area contributed by atoms with Gasteiger partial charge in [-0.3, -0.25) is 0 Å². The van der Waals surface area contributed by atoms with Crippen LogP contribution in [0, 0.1) is 0 Å². The molecule has 0 N–H and O–H groups in total. The summed E-state index contributed by atoms with van der Waals surface area (Å²) >= 11 is 0. The van der Waals surface area contributed by atoms with Crippen molar-refractivity contribution in [2.75, 3.05) is 13.7 Å². The molecular weight excluding hydrogens is 308 g/mol. The molecule has 0 radical (unpaired) electrons. The first-order chi connectivity index (χ1) is 11.8. The van der Waals surface area contributed by atoms with Crippen molar-refractivity contribution >= 4 is 0 Å². The van der Waals surface area contributed by atoms with Gasteiger partial charge in [0.1, 0.15) is 5.69 Å². The third-order valence-corrected chi connectivity index (χ3v) is 3.33. The van der Waals surface area contributed by atoms with Gasteiger partial charge < -0.3 is 14.0 Å². The summed E-state index contributed by atoms with van der Waals surface area (Å²) in [5.41, 5.74) is 1.71. The number of hydrogen-bond acceptors (Lipinski definition) is 7. The third-order valence-electron chi connectivity index (χ3n) is 3.33. The zero-order chi connectivity index (χ0) is 16.6. The van der Waals surface area contributed by atoms with E-state index in [1.807, 2.05) is 30.3 Å². The van der Waals surface area contributed by atoms with Gasteiger partial charge in [-0.25, -0.2) is 9.97 Å². The van der Waals surface area contributed by atoms with Crippen molar-refractivity contribution in [2.24, 2.45) is 0 Å². The van der Waals surface area contributed by atoms with Crippen LogP contribution in [0.2, 0.25) is 0 Å². The molecule has 0 aliphatic carbocycles. The van der Waals surface area contributed by atoms with Gasteiger partial charge in [-0.05, 0) is 12.0 Å². The molecule has 0 aliphatic heterocycles. The first kappa shape index (κ1) is 16.1. The van der Waals surface area contributed by atoms with Crippen molar-refractivity contribution < 1.29 is 14.0 Å². The molecule has 0 bridgehead atoms. The highest BCUT2D eigenvalue weighted by atomic mass is 16.5. The van der Waals surface area contributed by atoms with Crippen LogP contribution < -0.4 is 4.74 Å². The van der Waals surface area contributed by atoms with Crippen LogP contribution in [-0.2, 0) is 17.8 Å². The molecule has 0 spiro atoms. The fourth-order valence-electron chi connectivity index (χ4n) is 2.09. The van der Waals surface area contributed by atoms with E-state index in [-0.39, 0.29) is 0 Å². The minimum atomic E-state index is 0.422. The maximum atomic E-state index is 5.63. The molecule has 0 saturated carbocycles. The average molecular weight is 326 g/mol. The summed E-state index contributed by atoms with van der Waals surface area (Å²) in [6, 6.07) is 10.1. The molecule has 0 amide bonds. The Kier molecular flexibility index (Phi) is 5.47. The summed E-state index contributed by atoms with van der Waals surface area (Å²) in [5, 5.41) is 3.92. The molecule has 3 rings (SSSR count). The van der Waals surface area contributed by atoms with Crippen LogP contribution in [0.4, 0.5) is 0 Å². The molecule has 0 atom stereocenters. The predicted octanol–water partition coefficient (Wildman–Crippen LogP) is 2.68. The van der Waals surface area contributed by atoms with Crippen LogP contribution in [0.5, 0.6) is 5.88 Å². The third kappa shape index (κ3) is 4.36. The number of benzene rings is 1. The molecule has 3 aromatic rings. The molecular formula is C17H18N4O3. The zero-order valence-electron chi connectivity index (χ0n) is 13.4. The summed E-state index contributed by atoms with van der Waals surface area (Å²) in [7, 11) is 1.54. The Balaban J connectivity index is 1.44. The summed E-state index contributed by atoms with van der Waals surface area (Å²) < 4.78 is 15.8. The number of ether oxygens (including phenoxy) is 2. The molecule has 7 heteroatoms. The number of nitrogens with zero attached hydrogens (tertiary/aromatic N) is 4. The Morgan fingerprint density at radius 3 is 2.71 bits per heavy atom. The lowest BCUT2D eigenvalue weighted by molar-refractivity contribution is 0.117. The van der Waals surface area contributed by atoms with Crippen molar-refractivity contribution in [1.29, 1.82) is 0 Å². The van der Waals surface area contributed by atoms with Crippen molar-refractivity contribution in [2.45, 2.75) is 19.4 Å². The highest BCUT2D eigenvalue weighted by Crippen LogP contribution is 2.14. The fraction of sp³-hybridized carbons (Fsp3) is 0.294. The Labute approximate surface area is 139 Å². The maximum Gasteiger partial charge on any atom is 0.232 e. The standard InChI is InChI=1S/C17H18N4O3/c1-22-16-11-18-14(10-19-16)17-20-15(24-21-17)8-5-9-23-12-13-6-3-2-4-7-13/h2-4,6-7,10-11H,5,8-9,12H2,1H3. The lowest BCUT2D eigenvalue weighted by Gasteiger charge is -2.02. The second kappa shape index (κ2) is 8.16. The minimum absolute atomic E-state index is 0.422. The van der Waals surface area contributed by atoms with Crippen molar-refractivity contribution in [1.82, 2.24) is 20.1 Å². The number of methoxy groups -OCH3 is 1. The number of rotatable bonds is 8. The fourth-order valence-corrected chi connectivity index (χ4v) is 2.09. The molecule has 0 fully saturated rings. The summed E-state index contributed by atoms with van der Waals surface area (Å²) in [6.07, 6.45) is 4.54. The van der Waals surface area contributed by atoms with Gasteiger partial charge in [0.15, 0.2) is 0 Å². The van der Waals surface area contributed by atoms with Crippen molar-refractivity contribution in [3.63, 3.8) is 0 Å². The molecule has 0 unspecified atom stereocenters. The van der Waals surface area contributed by atoms with E-state index in [4.69, 9.17) is 14.0 Å². The second-order valence-corrected chi connectivity index (χ2v) is 5.10. The van der Waals surface area contributed by atoms with Crippen LogP contribution in [0.15, 0.2) is 47.2 Å². The Morgan fingerprint density at radius 1 is 1.08 bits per heavy atom. The van der Waals surface area contributed by atoms with Crippen LogP contribution in [0.25, 0.3) is 11.5 Å². The van der Waals surface area contributed by atoms with Crippen LogP contribution in [-0.4, -0.2) is 33.8 Å². The maximum absolute atomic E-state index is 5.63. The number of aromatic nitrogens is 4. The van der Waals surface area contributed by atoms with E-state index < -0.39 is 0 Å². The molecule has 124 valence electrons. The minimum Gasteiger partial charge on any atom is -0.480 e. The normalized spacial score (nSPS) is 10.7. The first-order valence-electron chi connectivity index (χ1n) is 7.66. The average Bonchev–Trinajstić information content (AvgIpc) is 3.11. The molecule has 0 saturated heterocycles. The van der Waals surface area contributed by atoms with E-state index >= 15 is 0 Å². The SMILES string of the molecule is COc1cnc(-c2noc(CCCOCc3ccccc3)n2)cn1. The van der Waals surface area contributed by atoms with Crippen LogP contribution in [0.1, 0.15) is 17.9 Å². The smallest absolute Gasteiger partial charge is 0.232 e. The monoisotopic (exact) mass is 326 g/mol. The van der Waals surface area contributed by atoms with Crippen LogP contribution in [0.3, 0.4) is 0 Å². The van der Waals surface area contributed by atoms with Crippen molar-refractivity contribution in [3.05, 3.63) is 54.2 Å². The highest BCUT2D eigenvalue weighted by molar-refractivity contribution is 5.46. The van der Waals surface area contributed by atoms with E-state index in [1.165, 1.54) is 13.3 Å². The van der Waals surface area contributed by atoms with E-state index in [2.05, 4.69) is 20.1 Å². The van der Waals surface area contributed by atoms with E-state index in [9.17, 15) is 0 Å². The quantitative estimate of drug-likeness (QED) is 0.588. The van der Waals surface area contributed by atoms with Gasteiger partial charge in [0.2, 0.25) is 17.6 Å². The van der Waals surface area contributed by atoms with Gasteiger partial charge in [0.05, 0.1) is 26.1 Å². The summed E-state index contributed by atoms with van der Waals surface area (Å²) in [4.78, 5) is 12.6. The lowest BCUT2D eigenvalue weighted by Crippen LogP contribution is -1.97. The molecule has 24 heavy (non-hydrogen) atoms. The Bertz CT molecular complexity index is 744. The van der Waals surface area contributed by atoms with Crippen molar-refractivity contribution in [3.8, 4) is 17.4 Å². The molecule has 2 aromatic heterocycles. The van der Waals surface area contributed by atoms with E-state index in [0.29, 0.717) is 42.9 Å². The van der Waals surface area contributed by atoms with Crippen LogP contribution >= 0.6 is 0 Å². The number of aryl methyl sites for hydroxylation is 1. The molecule has 0 aliphatic rings. The van der Waals surface area contributed by atoms with E-state index in [0.717, 1.165) is 12.0 Å². The Hall–Kier alpha value is -2.80. The van der Waals surface area contributed by atoms with Gasteiger partial charge >= 0.3 is 0 Å². The lowest BCUT2D eigenvalue weighted by atomic mass is 10.2. The first-order valence-corrected chi connectivity index (χ1v) is 7.66. The molecule has 7 nitrogen and oxygen atoms in total. The highest BCUT2D eigenvalue weighted by Gasteiger charge is 2.10. The largest absolute Gasteiger partial charge is 0.480 e. The second-order valence-electron chi connectivity index (χ2n) is 5.10. The van der Waals surface area contributed by atoms with Gasteiger partial charge in [-0.2, -0.15) is 4.98 Å². The summed E-state index contributed by atoms with van der Waals surface area (Å²) in [6.45, 7) is 1.24.